The second kappa shape index (κ2) is 21.7. The van der Waals surface area contributed by atoms with Crippen LogP contribution in [0.25, 0.3) is 11.0 Å². The summed E-state index contributed by atoms with van der Waals surface area (Å²) in [6, 6.07) is 2.12. The van der Waals surface area contributed by atoms with E-state index < -0.39 is 0 Å². The van der Waals surface area contributed by atoms with Gasteiger partial charge in [0.15, 0.2) is 0 Å². The van der Waals surface area contributed by atoms with Gasteiger partial charge in [-0.1, -0.05) is 6.92 Å². The molecule has 0 radical (unpaired) electrons. The number of anilines is 1. The van der Waals surface area contributed by atoms with E-state index in [1.54, 1.807) is 7.11 Å². The van der Waals surface area contributed by atoms with Crippen LogP contribution in [0.5, 0.6) is 0 Å². The van der Waals surface area contributed by atoms with E-state index in [0.717, 1.165) is 50.1 Å². The Kier molecular flexibility index (Phi) is 21.4. The number of pyridine rings is 1. The van der Waals surface area contributed by atoms with Gasteiger partial charge in [-0.2, -0.15) is 0 Å². The van der Waals surface area contributed by atoms with Gasteiger partial charge in [0.1, 0.15) is 18.7 Å². The number of aryl methyl sites for hydroxylation is 1. The third-order valence-electron chi connectivity index (χ3n) is 4.95. The fraction of sp³-hybridized carbons (Fsp3) is 0.615. The number of hydrogen-bond acceptors (Lipinski definition) is 7. The van der Waals surface area contributed by atoms with Crippen LogP contribution >= 0.6 is 0 Å². The topological polar surface area (TPSA) is 116 Å². The Labute approximate surface area is 211 Å². The molecule has 0 bridgehead atoms. The number of nitrogens with one attached hydrogen (secondary N) is 3. The number of likely N-dealkylation sites (tertiary alicyclic amines) is 1. The van der Waals surface area contributed by atoms with Crippen molar-refractivity contribution in [2.24, 2.45) is 0 Å². The van der Waals surface area contributed by atoms with Crippen LogP contribution in [-0.2, 0) is 25.5 Å². The minimum absolute atomic E-state index is 0.0417. The van der Waals surface area contributed by atoms with Gasteiger partial charge in [0, 0.05) is 51.8 Å². The highest BCUT2D eigenvalue weighted by Gasteiger charge is 2.05. The van der Waals surface area contributed by atoms with E-state index in [1.807, 2.05) is 58.9 Å². The Morgan fingerprint density at radius 3 is 2.14 bits per heavy atom. The van der Waals surface area contributed by atoms with Crippen LogP contribution in [0, 0.1) is 0 Å². The van der Waals surface area contributed by atoms with Crippen molar-refractivity contribution in [1.82, 2.24) is 20.2 Å². The number of carbonyl (C=O) groups excluding carboxylic acids is 3. The molecule has 0 unspecified atom stereocenters. The zero-order chi connectivity index (χ0) is 27.1. The number of ether oxygens (including phenoxy) is 1. The molecule has 35 heavy (non-hydrogen) atoms. The highest BCUT2D eigenvalue weighted by Crippen LogP contribution is 2.19. The maximum absolute atomic E-state index is 10.1. The number of fused-ring (bicyclic) bond motifs is 1. The Morgan fingerprint density at radius 2 is 1.77 bits per heavy atom. The van der Waals surface area contributed by atoms with E-state index in [4.69, 9.17) is 9.53 Å². The highest BCUT2D eigenvalue weighted by molar-refractivity contribution is 5.82. The second-order valence-electron chi connectivity index (χ2n) is 8.62. The lowest BCUT2D eigenvalue weighted by Crippen LogP contribution is -2.27. The quantitative estimate of drug-likeness (QED) is 0.413. The minimum atomic E-state index is 0.0417. The van der Waals surface area contributed by atoms with E-state index in [0.29, 0.717) is 6.42 Å². The van der Waals surface area contributed by atoms with Crippen LogP contribution in [0.1, 0.15) is 58.9 Å². The largest absolute Gasteiger partial charge is 0.387 e. The van der Waals surface area contributed by atoms with Gasteiger partial charge in [0.05, 0.1) is 17.5 Å². The molecule has 200 valence electrons. The van der Waals surface area contributed by atoms with Gasteiger partial charge in [-0.05, 0) is 65.1 Å². The number of rotatable bonds is 6. The molecule has 0 spiro atoms. The molecular formula is C26H47N5O4. The third-order valence-corrected chi connectivity index (χ3v) is 4.95. The number of piperidine rings is 1. The van der Waals surface area contributed by atoms with Crippen LogP contribution in [-0.4, -0.2) is 80.8 Å². The maximum atomic E-state index is 10.1. The first-order valence-corrected chi connectivity index (χ1v) is 12.0. The molecule has 0 aliphatic carbocycles. The van der Waals surface area contributed by atoms with Crippen molar-refractivity contribution in [2.45, 2.75) is 65.4 Å². The number of H-pyrrole nitrogens is 1. The predicted molar refractivity (Wildman–Crippen MR) is 145 cm³/mol. The first-order valence-electron chi connectivity index (χ1n) is 12.0. The summed E-state index contributed by atoms with van der Waals surface area (Å²) in [6.45, 7) is 13.0. The first-order chi connectivity index (χ1) is 16.8. The van der Waals surface area contributed by atoms with Gasteiger partial charge in [-0.3, -0.25) is 4.79 Å². The zero-order valence-corrected chi connectivity index (χ0v) is 22.8. The number of aromatic amines is 1. The van der Waals surface area contributed by atoms with Crippen molar-refractivity contribution in [1.29, 1.82) is 0 Å². The number of aldehydes is 1. The molecule has 1 saturated heterocycles. The molecule has 1 aliphatic heterocycles. The standard InChI is InChI=1S/C10H13N3.C6H11NO.C5H12O.C4H9NO.CH2O/c1-3-7-5-12-10-9(7)4-8(11-2)6-13-10;8-6-7-4-2-1-3-5-7;1-5(2,3)6-4;1-5-3-2-4-6;1-2/h4-6,11H,3H2,1-2H3,(H,12,13);6H,1-5H2;1-4H3;4-5H,2-3H2,1H3;1H2. The van der Waals surface area contributed by atoms with Gasteiger partial charge < -0.3 is 34.8 Å². The first kappa shape index (κ1) is 34.4. The summed E-state index contributed by atoms with van der Waals surface area (Å²) in [4.78, 5) is 36.9. The van der Waals surface area contributed by atoms with Crippen LogP contribution in [0.2, 0.25) is 0 Å². The van der Waals surface area contributed by atoms with Crippen LogP contribution in [0.3, 0.4) is 0 Å². The lowest BCUT2D eigenvalue weighted by molar-refractivity contribution is -0.118. The molecule has 9 nitrogen and oxygen atoms in total. The fourth-order valence-electron chi connectivity index (χ4n) is 2.71. The van der Waals surface area contributed by atoms with Crippen molar-refractivity contribution in [2.75, 3.05) is 46.2 Å². The normalized spacial score (nSPS) is 12.3. The van der Waals surface area contributed by atoms with Crippen molar-refractivity contribution in [3.8, 4) is 0 Å². The number of hydrogen-bond donors (Lipinski definition) is 3. The van der Waals surface area contributed by atoms with Crippen molar-refractivity contribution < 1.29 is 19.1 Å². The summed E-state index contributed by atoms with van der Waals surface area (Å²) in [5.41, 5.74) is 3.39. The molecule has 0 saturated carbocycles. The van der Waals surface area contributed by atoms with Crippen LogP contribution < -0.4 is 10.6 Å². The van der Waals surface area contributed by atoms with Gasteiger partial charge in [0.2, 0.25) is 6.41 Å². The van der Waals surface area contributed by atoms with Crippen molar-refractivity contribution in [3.05, 3.63) is 24.0 Å². The third kappa shape index (κ3) is 17.3. The highest BCUT2D eigenvalue weighted by atomic mass is 16.5. The summed E-state index contributed by atoms with van der Waals surface area (Å²) < 4.78 is 4.94. The fourth-order valence-corrected chi connectivity index (χ4v) is 2.71. The molecule has 2 aromatic heterocycles. The smallest absolute Gasteiger partial charge is 0.209 e. The SMILES string of the molecule is C=O.CCc1c[nH]c2ncc(NC)cc12.CNCCC=O.COC(C)(C)C.O=CN1CCCCC1. The van der Waals surface area contributed by atoms with Crippen LogP contribution in [0.4, 0.5) is 5.69 Å². The van der Waals surface area contributed by atoms with E-state index >= 15 is 0 Å². The summed E-state index contributed by atoms with van der Waals surface area (Å²) >= 11 is 0. The van der Waals surface area contributed by atoms with Gasteiger partial charge in [-0.15, -0.1) is 0 Å². The van der Waals surface area contributed by atoms with E-state index in [9.17, 15) is 9.59 Å². The molecule has 1 aliphatic rings. The lowest BCUT2D eigenvalue weighted by atomic mass is 10.1. The summed E-state index contributed by atoms with van der Waals surface area (Å²) in [7, 11) is 5.44. The monoisotopic (exact) mass is 493 g/mol. The van der Waals surface area contributed by atoms with E-state index in [1.165, 1.54) is 30.2 Å². The minimum Gasteiger partial charge on any atom is -0.387 e. The molecule has 0 aromatic carbocycles. The summed E-state index contributed by atoms with van der Waals surface area (Å²) in [5.74, 6) is 0. The van der Waals surface area contributed by atoms with Crippen LogP contribution in [0.15, 0.2) is 18.5 Å². The lowest BCUT2D eigenvalue weighted by Gasteiger charge is -2.21. The molecule has 9 heteroatoms. The second-order valence-corrected chi connectivity index (χ2v) is 8.62. The molecule has 1 amide bonds. The van der Waals surface area contributed by atoms with Gasteiger partial charge in [0.25, 0.3) is 0 Å². The van der Waals surface area contributed by atoms with Gasteiger partial charge in [-0.25, -0.2) is 4.98 Å². The number of carbonyl (C=O) groups is 3. The Bertz CT molecular complexity index is 784. The molecule has 1 fully saturated rings. The molecule has 3 heterocycles. The maximum Gasteiger partial charge on any atom is 0.209 e. The molecule has 3 N–H and O–H groups in total. The molecule has 2 aromatic rings. The average molecular weight is 494 g/mol. The Hall–Kier alpha value is -2.78. The number of amides is 1. The summed E-state index contributed by atoms with van der Waals surface area (Å²) in [5, 5.41) is 7.14. The molecular weight excluding hydrogens is 446 g/mol. The Balaban J connectivity index is 0. The summed E-state index contributed by atoms with van der Waals surface area (Å²) in [6.07, 6.45) is 11.0. The predicted octanol–water partition coefficient (Wildman–Crippen LogP) is 3.84. The number of nitrogens with zero attached hydrogens (tertiary/aromatic N) is 2. The molecule has 3 rings (SSSR count). The number of methoxy groups -OCH3 is 1. The van der Waals surface area contributed by atoms with Gasteiger partial charge >= 0.3 is 0 Å². The van der Waals surface area contributed by atoms with Crippen molar-refractivity contribution in [3.63, 3.8) is 0 Å². The zero-order valence-electron chi connectivity index (χ0n) is 22.8. The number of aromatic nitrogens is 2. The molecule has 0 atom stereocenters. The van der Waals surface area contributed by atoms with Crippen molar-refractivity contribution >= 4 is 36.2 Å². The average Bonchev–Trinajstić information content (AvgIpc) is 3.32. The van der Waals surface area contributed by atoms with E-state index in [2.05, 4.69) is 33.6 Å². The van der Waals surface area contributed by atoms with E-state index in [-0.39, 0.29) is 5.60 Å². The Morgan fingerprint density at radius 1 is 1.17 bits per heavy atom.